The van der Waals surface area contributed by atoms with Crippen LogP contribution in [-0.2, 0) is 9.53 Å². The molecule has 15 heavy (non-hydrogen) atoms. The molecule has 0 bridgehead atoms. The summed E-state index contributed by atoms with van der Waals surface area (Å²) in [6, 6.07) is 5.40. The molecule has 78 valence electrons. The lowest BCUT2D eigenvalue weighted by molar-refractivity contribution is -0.133. The lowest BCUT2D eigenvalue weighted by Crippen LogP contribution is -1.94. The number of esters is 1. The Bertz CT molecular complexity index is 399. The van der Waals surface area contributed by atoms with Gasteiger partial charge in [-0.05, 0) is 12.1 Å². The van der Waals surface area contributed by atoms with E-state index in [0.29, 0.717) is 5.56 Å². The summed E-state index contributed by atoms with van der Waals surface area (Å²) in [5.74, 6) is 4.03. The Labute approximate surface area is 85.9 Å². The molecule has 0 N–H and O–H groups in total. The van der Waals surface area contributed by atoms with Crippen LogP contribution < -0.4 is 0 Å². The SMILES string of the molecule is COC(=O)C#Cc1ccc(C(F)F)cc1. The molecule has 2 nitrogen and oxygen atoms in total. The van der Waals surface area contributed by atoms with Gasteiger partial charge in [0.1, 0.15) is 0 Å². The number of hydrogen-bond acceptors (Lipinski definition) is 2. The standard InChI is InChI=1S/C11H8F2O2/c1-15-10(14)7-4-8-2-5-9(6-3-8)11(12)13/h2-3,5-6,11H,1H3. The van der Waals surface area contributed by atoms with Gasteiger partial charge in [-0.3, -0.25) is 0 Å². The second kappa shape index (κ2) is 5.11. The van der Waals surface area contributed by atoms with Crippen molar-refractivity contribution in [3.63, 3.8) is 0 Å². The number of carbonyl (C=O) groups is 1. The molecule has 0 radical (unpaired) electrons. The Kier molecular flexibility index (Phi) is 3.81. The number of halogens is 2. The first-order valence-electron chi connectivity index (χ1n) is 4.11. The number of ether oxygens (including phenoxy) is 1. The molecule has 0 aliphatic heterocycles. The Morgan fingerprint density at radius 1 is 1.33 bits per heavy atom. The maximum atomic E-state index is 12.2. The van der Waals surface area contributed by atoms with Crippen LogP contribution in [0.25, 0.3) is 0 Å². The molecule has 0 aliphatic rings. The maximum Gasteiger partial charge on any atom is 0.384 e. The van der Waals surface area contributed by atoms with Gasteiger partial charge in [0.15, 0.2) is 0 Å². The van der Waals surface area contributed by atoms with E-state index in [1.165, 1.54) is 31.4 Å². The third-order valence-electron chi connectivity index (χ3n) is 1.66. The monoisotopic (exact) mass is 210 g/mol. The largest absolute Gasteiger partial charge is 0.459 e. The van der Waals surface area contributed by atoms with Gasteiger partial charge < -0.3 is 4.74 Å². The summed E-state index contributed by atoms with van der Waals surface area (Å²) in [6.45, 7) is 0. The molecule has 1 aromatic carbocycles. The number of carbonyl (C=O) groups excluding carboxylic acids is 1. The first-order valence-corrected chi connectivity index (χ1v) is 4.11. The molecule has 0 aliphatic carbocycles. The number of methoxy groups -OCH3 is 1. The highest BCUT2D eigenvalue weighted by Crippen LogP contribution is 2.18. The first-order chi connectivity index (χ1) is 7.13. The van der Waals surface area contributed by atoms with Crippen LogP contribution in [0.5, 0.6) is 0 Å². The van der Waals surface area contributed by atoms with Gasteiger partial charge in [-0.15, -0.1) is 0 Å². The van der Waals surface area contributed by atoms with Crippen LogP contribution in [0.15, 0.2) is 24.3 Å². The van der Waals surface area contributed by atoms with Crippen LogP contribution in [0.2, 0.25) is 0 Å². The molecule has 0 saturated heterocycles. The minimum absolute atomic E-state index is 0.0707. The fraction of sp³-hybridized carbons (Fsp3) is 0.182. The Hall–Kier alpha value is -1.89. The molecular weight excluding hydrogens is 202 g/mol. The van der Waals surface area contributed by atoms with Crippen LogP contribution >= 0.6 is 0 Å². The minimum atomic E-state index is -2.49. The van der Waals surface area contributed by atoms with Gasteiger partial charge in [-0.2, -0.15) is 0 Å². The third-order valence-corrected chi connectivity index (χ3v) is 1.66. The highest BCUT2D eigenvalue weighted by molar-refractivity contribution is 5.88. The summed E-state index contributed by atoms with van der Waals surface area (Å²) in [5.41, 5.74) is 0.420. The highest BCUT2D eigenvalue weighted by atomic mass is 19.3. The van der Waals surface area contributed by atoms with E-state index >= 15 is 0 Å². The molecular formula is C11H8F2O2. The van der Waals surface area contributed by atoms with E-state index in [0.717, 1.165) is 0 Å². The average molecular weight is 210 g/mol. The molecule has 0 spiro atoms. The average Bonchev–Trinajstić information content (AvgIpc) is 2.26. The molecule has 0 heterocycles. The van der Waals surface area contributed by atoms with Gasteiger partial charge in [-0.25, -0.2) is 13.6 Å². The second-order valence-electron chi connectivity index (χ2n) is 2.66. The zero-order valence-corrected chi connectivity index (χ0v) is 7.96. The zero-order valence-electron chi connectivity index (χ0n) is 7.96. The lowest BCUT2D eigenvalue weighted by Gasteiger charge is -1.97. The molecule has 0 amide bonds. The van der Waals surface area contributed by atoms with E-state index in [9.17, 15) is 13.6 Å². The Morgan fingerprint density at radius 2 is 1.93 bits per heavy atom. The molecule has 0 fully saturated rings. The van der Waals surface area contributed by atoms with Gasteiger partial charge in [0.2, 0.25) is 0 Å². The molecule has 0 atom stereocenters. The van der Waals surface area contributed by atoms with Crippen molar-refractivity contribution < 1.29 is 18.3 Å². The van der Waals surface area contributed by atoms with Gasteiger partial charge in [-0.1, -0.05) is 18.1 Å². The van der Waals surface area contributed by atoms with Crippen LogP contribution in [0.3, 0.4) is 0 Å². The maximum absolute atomic E-state index is 12.2. The molecule has 0 saturated carbocycles. The molecule has 4 heteroatoms. The molecule has 0 aromatic heterocycles. The van der Waals surface area contributed by atoms with Crippen molar-refractivity contribution in [1.82, 2.24) is 0 Å². The smallest absolute Gasteiger partial charge is 0.384 e. The van der Waals surface area contributed by atoms with Gasteiger partial charge in [0, 0.05) is 17.0 Å². The Morgan fingerprint density at radius 3 is 2.40 bits per heavy atom. The zero-order chi connectivity index (χ0) is 11.3. The first kappa shape index (κ1) is 11.2. The van der Waals surface area contributed by atoms with Crippen LogP contribution in [0.1, 0.15) is 17.6 Å². The summed E-state index contributed by atoms with van der Waals surface area (Å²) in [6.07, 6.45) is -2.49. The van der Waals surface area contributed by atoms with E-state index in [2.05, 4.69) is 16.6 Å². The van der Waals surface area contributed by atoms with E-state index in [4.69, 9.17) is 0 Å². The van der Waals surface area contributed by atoms with Gasteiger partial charge >= 0.3 is 5.97 Å². The lowest BCUT2D eigenvalue weighted by atomic mass is 10.1. The summed E-state index contributed by atoms with van der Waals surface area (Å²) < 4.78 is 28.6. The van der Waals surface area contributed by atoms with Crippen molar-refractivity contribution >= 4 is 5.97 Å². The fourth-order valence-electron chi connectivity index (χ4n) is 0.886. The van der Waals surface area contributed by atoms with Crippen molar-refractivity contribution in [2.45, 2.75) is 6.43 Å². The second-order valence-corrected chi connectivity index (χ2v) is 2.66. The number of hydrogen-bond donors (Lipinski definition) is 0. The minimum Gasteiger partial charge on any atom is -0.459 e. The van der Waals surface area contributed by atoms with Crippen molar-refractivity contribution in [3.05, 3.63) is 35.4 Å². The van der Waals surface area contributed by atoms with Crippen LogP contribution in [0.4, 0.5) is 8.78 Å². The Balaban J connectivity index is 2.79. The quantitative estimate of drug-likeness (QED) is 0.524. The van der Waals surface area contributed by atoms with Crippen molar-refractivity contribution in [2.24, 2.45) is 0 Å². The summed E-state index contributed by atoms with van der Waals surface area (Å²) in [7, 11) is 1.22. The van der Waals surface area contributed by atoms with E-state index in [-0.39, 0.29) is 5.56 Å². The normalized spacial score (nSPS) is 9.33. The predicted molar refractivity (Wildman–Crippen MR) is 50.3 cm³/mol. The summed E-state index contributed by atoms with van der Waals surface area (Å²) >= 11 is 0. The number of benzene rings is 1. The van der Waals surface area contributed by atoms with Crippen molar-refractivity contribution in [2.75, 3.05) is 7.11 Å². The van der Waals surface area contributed by atoms with Crippen molar-refractivity contribution in [3.8, 4) is 11.8 Å². The predicted octanol–water partition coefficient (Wildman–Crippen LogP) is 2.15. The number of alkyl halides is 2. The summed E-state index contributed by atoms with van der Waals surface area (Å²) in [4.78, 5) is 10.6. The summed E-state index contributed by atoms with van der Waals surface area (Å²) in [5, 5.41) is 0. The fourth-order valence-corrected chi connectivity index (χ4v) is 0.886. The van der Waals surface area contributed by atoms with Gasteiger partial charge in [0.05, 0.1) is 7.11 Å². The topological polar surface area (TPSA) is 26.3 Å². The van der Waals surface area contributed by atoms with E-state index < -0.39 is 12.4 Å². The van der Waals surface area contributed by atoms with Crippen LogP contribution in [0, 0.1) is 11.8 Å². The van der Waals surface area contributed by atoms with E-state index in [1.807, 2.05) is 0 Å². The third kappa shape index (κ3) is 3.39. The van der Waals surface area contributed by atoms with Crippen molar-refractivity contribution in [1.29, 1.82) is 0 Å². The molecule has 1 aromatic rings. The van der Waals surface area contributed by atoms with E-state index in [1.54, 1.807) is 0 Å². The van der Waals surface area contributed by atoms with Gasteiger partial charge in [0.25, 0.3) is 6.43 Å². The highest BCUT2D eigenvalue weighted by Gasteiger charge is 2.04. The molecule has 0 unspecified atom stereocenters. The number of rotatable bonds is 1. The van der Waals surface area contributed by atoms with Crippen LogP contribution in [-0.4, -0.2) is 13.1 Å². The molecule has 1 rings (SSSR count).